The van der Waals surface area contributed by atoms with Gasteiger partial charge in [-0.25, -0.2) is 0 Å². The van der Waals surface area contributed by atoms with Crippen LogP contribution in [0.25, 0.3) is 0 Å². The molecule has 0 spiro atoms. The van der Waals surface area contributed by atoms with Gasteiger partial charge >= 0.3 is 0 Å². The number of allylic oxidation sites excluding steroid dienone is 2. The number of fused-ring (bicyclic) bond motifs is 2. The van der Waals surface area contributed by atoms with Gasteiger partial charge in [-0.2, -0.15) is 10.5 Å². The molecule has 7 heteroatoms. The molecule has 0 fully saturated rings. The number of benzene rings is 2. The van der Waals surface area contributed by atoms with Gasteiger partial charge in [-0.3, -0.25) is 4.79 Å². The van der Waals surface area contributed by atoms with Gasteiger partial charge in [-0.05, 0) is 44.3 Å². The third kappa shape index (κ3) is 3.47. The Morgan fingerprint density at radius 3 is 1.78 bits per heavy atom. The van der Waals surface area contributed by atoms with Gasteiger partial charge in [0.2, 0.25) is 0 Å². The number of nitriles is 2. The van der Waals surface area contributed by atoms with Gasteiger partial charge < -0.3 is 0 Å². The largest absolute Gasteiger partial charge is 0.288 e. The Morgan fingerprint density at radius 1 is 0.750 bits per heavy atom. The van der Waals surface area contributed by atoms with Crippen LogP contribution in [-0.4, -0.2) is 14.4 Å². The van der Waals surface area contributed by atoms with Gasteiger partial charge in [0.15, 0.2) is 5.43 Å². The minimum Gasteiger partial charge on any atom is -0.288 e. The summed E-state index contributed by atoms with van der Waals surface area (Å²) in [6.45, 7) is 0. The van der Waals surface area contributed by atoms with E-state index in [4.69, 9.17) is 5.48 Å². The van der Waals surface area contributed by atoms with Crippen LogP contribution in [-0.2, 0) is 10.8 Å². The van der Waals surface area contributed by atoms with E-state index in [2.05, 4.69) is 75.9 Å². The normalized spacial score (nSPS) is 39.1. The molecule has 0 amide bonds. The molecule has 0 heterocycles. The number of hydrogen-bond donors (Lipinski definition) is 0. The molecule has 0 saturated heterocycles. The lowest BCUT2D eigenvalue weighted by atomic mass is 9.52. The Bertz CT molecular complexity index is 1750. The summed E-state index contributed by atoms with van der Waals surface area (Å²) in [5, 5.41) is 22.2. The van der Waals surface area contributed by atoms with E-state index in [-0.39, 0.29) is 21.2 Å². The molecule has 2 aliphatic carbocycles. The van der Waals surface area contributed by atoms with Gasteiger partial charge in [0.1, 0.15) is 10.8 Å². The first kappa shape index (κ1) is 20.0. The summed E-state index contributed by atoms with van der Waals surface area (Å²) < 4.78 is 45.2. The van der Waals surface area contributed by atoms with E-state index in [9.17, 15) is 16.7 Å². The lowest BCUT2D eigenvalue weighted by Gasteiger charge is -2.48. The molecule has 0 bridgehead atoms. The topological polar surface area (TPSA) is 64.7 Å². The minimum atomic E-state index is -2.25. The molecular weight excluding hydrogens is 712 g/mol. The summed E-state index contributed by atoms with van der Waals surface area (Å²) in [7, 11) is 0. The fraction of sp³-hybridized carbons (Fsp3) is 0.207. The molecule has 3 nitrogen and oxygen atoms in total. The van der Waals surface area contributed by atoms with Crippen LogP contribution in [0.3, 0.4) is 0 Å². The average molecular weight is 735 g/mol. The predicted molar refractivity (Wildman–Crippen MR) is 156 cm³/mol. The zero-order valence-electron chi connectivity index (χ0n) is 23.3. The third-order valence-electron chi connectivity index (χ3n) is 6.75. The fourth-order valence-electron chi connectivity index (χ4n) is 5.22. The molecule has 36 heavy (non-hydrogen) atoms. The van der Waals surface area contributed by atoms with Crippen LogP contribution in [0.1, 0.15) is 34.7 Å². The van der Waals surface area contributed by atoms with Gasteiger partial charge in [0.05, 0.1) is 19.4 Å². The van der Waals surface area contributed by atoms with Crippen molar-refractivity contribution < 1.29 is 6.85 Å². The summed E-state index contributed by atoms with van der Waals surface area (Å²) in [4.78, 5) is 7.04. The van der Waals surface area contributed by atoms with Crippen molar-refractivity contribution in [1.82, 2.24) is 0 Å². The van der Waals surface area contributed by atoms with Crippen molar-refractivity contribution in [1.29, 1.82) is 10.5 Å². The maximum absolute atomic E-state index is 13.7. The van der Waals surface area contributed by atoms with Crippen molar-refractivity contribution in [2.24, 2.45) is 5.92 Å². The van der Waals surface area contributed by atoms with E-state index < -0.39 is 48.7 Å². The SMILES string of the molecule is [2H]C1=C([2H])[C@@]([2H])(Br)[C@]([2H])(Br)[C@@]([2H])(Br)[C@@H]1C1(C#N)c2ccccc2C(C#N)(c2ccccc(Br)c2=O)c2ccccc21. The molecule has 0 saturated carbocycles. The molecule has 0 N–H and O–H groups in total. The van der Waals surface area contributed by atoms with Gasteiger partial charge in [0, 0.05) is 30.0 Å². The van der Waals surface area contributed by atoms with Gasteiger partial charge in [-0.15, -0.1) is 0 Å². The van der Waals surface area contributed by atoms with Crippen molar-refractivity contribution in [3.8, 4) is 12.1 Å². The zero-order valence-corrected chi connectivity index (χ0v) is 24.7. The Kier molecular flexibility index (Phi) is 5.38. The molecular formula is C29H18Br4N2O. The number of rotatable bonds is 2. The highest BCUT2D eigenvalue weighted by Gasteiger charge is 2.57. The molecule has 4 atom stereocenters. The lowest BCUT2D eigenvalue weighted by molar-refractivity contribution is 0.424. The number of alkyl halides is 3. The molecule has 178 valence electrons. The average Bonchev–Trinajstić information content (AvgIpc) is 3.12. The summed E-state index contributed by atoms with van der Waals surface area (Å²) in [5.41, 5.74) is -2.70. The first-order valence-electron chi connectivity index (χ1n) is 13.3. The van der Waals surface area contributed by atoms with Gasteiger partial charge in [0.25, 0.3) is 0 Å². The van der Waals surface area contributed by atoms with Crippen LogP contribution in [0.5, 0.6) is 0 Å². The van der Waals surface area contributed by atoms with E-state index in [1.165, 1.54) is 0 Å². The van der Waals surface area contributed by atoms with Crippen LogP contribution in [0, 0.1) is 28.6 Å². The number of hydrogen-bond acceptors (Lipinski definition) is 3. The van der Waals surface area contributed by atoms with Crippen molar-refractivity contribution in [2.45, 2.75) is 25.2 Å². The highest BCUT2D eigenvalue weighted by molar-refractivity contribution is 9.13. The molecule has 0 aromatic heterocycles. The van der Waals surface area contributed by atoms with Crippen LogP contribution in [0.15, 0.2) is 94.2 Å². The van der Waals surface area contributed by atoms with E-state index in [0.717, 1.165) is 0 Å². The fourth-order valence-corrected chi connectivity index (χ4v) is 7.16. The first-order valence-corrected chi connectivity index (χ1v) is 13.9. The van der Waals surface area contributed by atoms with Crippen molar-refractivity contribution in [3.05, 3.63) is 127 Å². The molecule has 0 aliphatic heterocycles. The van der Waals surface area contributed by atoms with E-state index in [0.29, 0.717) is 11.1 Å². The van der Waals surface area contributed by atoms with Crippen molar-refractivity contribution in [3.63, 3.8) is 0 Å². The molecule has 0 radical (unpaired) electrons. The van der Waals surface area contributed by atoms with Crippen molar-refractivity contribution in [2.75, 3.05) is 0 Å². The number of nitrogens with zero attached hydrogens (tertiary/aromatic N) is 2. The summed E-state index contributed by atoms with van der Waals surface area (Å²) in [6.07, 6.45) is 0. The monoisotopic (exact) mass is 731 g/mol. The second-order valence-corrected chi connectivity index (χ2v) is 11.7. The van der Waals surface area contributed by atoms with Crippen LogP contribution in [0.4, 0.5) is 0 Å². The van der Waals surface area contributed by atoms with Crippen LogP contribution < -0.4 is 5.43 Å². The van der Waals surface area contributed by atoms with Crippen molar-refractivity contribution >= 4 is 63.7 Å². The van der Waals surface area contributed by atoms with E-state index >= 15 is 0 Å². The maximum atomic E-state index is 13.7. The molecule has 0 unspecified atom stereocenters. The highest BCUT2D eigenvalue weighted by Crippen LogP contribution is 2.57. The Balaban J connectivity index is 2.03. The molecule has 3 aromatic rings. The second-order valence-electron chi connectivity index (χ2n) is 8.36. The Hall–Kier alpha value is -2.03. The third-order valence-corrected chi connectivity index (χ3v) is 10.7. The predicted octanol–water partition coefficient (Wildman–Crippen LogP) is 7.27. The minimum absolute atomic E-state index is 0.145. The maximum Gasteiger partial charge on any atom is 0.198 e. The van der Waals surface area contributed by atoms with E-state index in [1.54, 1.807) is 72.8 Å². The zero-order chi connectivity index (χ0) is 30.2. The Labute approximate surface area is 250 Å². The lowest BCUT2D eigenvalue weighted by Crippen LogP contribution is -2.51. The first-order chi connectivity index (χ1) is 19.2. The van der Waals surface area contributed by atoms with Crippen LogP contribution >= 0.6 is 63.7 Å². The molecule has 2 aliphatic rings. The second kappa shape index (κ2) is 9.69. The highest BCUT2D eigenvalue weighted by atomic mass is 79.9. The van der Waals surface area contributed by atoms with Crippen LogP contribution in [0.2, 0.25) is 0 Å². The summed E-state index contributed by atoms with van der Waals surface area (Å²) >= 11 is 12.9. The molecule has 5 rings (SSSR count). The quantitative estimate of drug-likeness (QED) is 0.206. The standard InChI is InChI=1S/C29H18Br4N2O/c30-23-14-13-21(25(32)26(23)33)28(15-34)17-7-1-3-9-19(17)29(16-35,20-10-4-2-8-18(20)28)22-11-5-6-12-24(31)27(22)36/h1-14,21,23,25-26H/t21-,23-,25+,26+,28?,29?/m1/s1/i13D,14D,23D,25D,26D. The number of halogens is 4. The Morgan fingerprint density at radius 2 is 1.25 bits per heavy atom. The van der Waals surface area contributed by atoms with E-state index in [1.807, 2.05) is 0 Å². The summed E-state index contributed by atoms with van der Waals surface area (Å²) in [6, 6.07) is 23.4. The van der Waals surface area contributed by atoms with Gasteiger partial charge in [-0.1, -0.05) is 127 Å². The molecule has 3 aromatic carbocycles. The smallest absolute Gasteiger partial charge is 0.198 e. The summed E-state index contributed by atoms with van der Waals surface area (Å²) in [5.74, 6) is -1.51.